The number of hydrogen-bond acceptors (Lipinski definition) is 9. The molecule has 3 aliphatic rings. The second kappa shape index (κ2) is 9.91. The molecule has 3 heterocycles. The van der Waals surface area contributed by atoms with Crippen molar-refractivity contribution < 1.29 is 4.79 Å². The normalized spacial score (nSPS) is 21.0. The van der Waals surface area contributed by atoms with E-state index in [0.717, 1.165) is 26.1 Å². The second-order valence-electron chi connectivity index (χ2n) is 9.43. The number of nitrogens with zero attached hydrogens (tertiary/aromatic N) is 4. The van der Waals surface area contributed by atoms with Crippen molar-refractivity contribution in [1.29, 1.82) is 0 Å². The van der Waals surface area contributed by atoms with Gasteiger partial charge >= 0.3 is 0 Å². The minimum absolute atomic E-state index is 0.258. The smallest absolute Gasteiger partial charge is 0.253 e. The lowest BCUT2D eigenvalue weighted by atomic mass is 10.1. The number of hydrogen-bond donors (Lipinski definition) is 3. The molecule has 0 spiro atoms. The van der Waals surface area contributed by atoms with Crippen LogP contribution in [-0.4, -0.2) is 74.0 Å². The van der Waals surface area contributed by atoms with E-state index in [2.05, 4.69) is 49.7 Å². The van der Waals surface area contributed by atoms with Crippen LogP contribution in [-0.2, 0) is 11.3 Å². The molecule has 2 saturated heterocycles. The largest absolute Gasteiger partial charge is 0.380 e. The SMILES string of the molecule is NC(=O)C1=CNC(N2CCN(c3c(NCC4CCN(Cc5ccccc5)C4)c(=O)c3=O)CC2)=NC1. The van der Waals surface area contributed by atoms with Gasteiger partial charge in [0.05, 0.1) is 12.1 Å². The van der Waals surface area contributed by atoms with Crippen molar-refractivity contribution in [3.63, 3.8) is 0 Å². The lowest BCUT2D eigenvalue weighted by Crippen LogP contribution is -2.55. The molecule has 1 unspecified atom stereocenters. The Morgan fingerprint density at radius 2 is 1.80 bits per heavy atom. The molecule has 0 aromatic heterocycles. The number of benzene rings is 1. The van der Waals surface area contributed by atoms with Gasteiger partial charge in [-0.15, -0.1) is 0 Å². The van der Waals surface area contributed by atoms with Gasteiger partial charge in [-0.2, -0.15) is 0 Å². The number of nitrogens with two attached hydrogens (primary N) is 1. The molecule has 1 atom stereocenters. The van der Waals surface area contributed by atoms with Gasteiger partial charge in [-0.1, -0.05) is 30.3 Å². The molecule has 0 saturated carbocycles. The number of primary amides is 1. The van der Waals surface area contributed by atoms with E-state index in [1.165, 1.54) is 5.56 Å². The third-order valence-corrected chi connectivity index (χ3v) is 7.06. The van der Waals surface area contributed by atoms with Crippen molar-refractivity contribution in [2.24, 2.45) is 16.6 Å². The van der Waals surface area contributed by atoms with Crippen LogP contribution in [0.1, 0.15) is 12.0 Å². The maximum Gasteiger partial charge on any atom is 0.253 e. The summed E-state index contributed by atoms with van der Waals surface area (Å²) in [4.78, 5) is 46.9. The number of rotatable bonds is 7. The number of anilines is 2. The quantitative estimate of drug-likeness (QED) is 0.463. The number of guanidine groups is 1. The highest BCUT2D eigenvalue weighted by Gasteiger charge is 2.31. The van der Waals surface area contributed by atoms with Gasteiger partial charge in [0, 0.05) is 52.0 Å². The van der Waals surface area contributed by atoms with Crippen molar-refractivity contribution in [1.82, 2.24) is 15.1 Å². The molecule has 10 nitrogen and oxygen atoms in total. The third-order valence-electron chi connectivity index (χ3n) is 7.06. The zero-order valence-electron chi connectivity index (χ0n) is 19.7. The summed E-state index contributed by atoms with van der Waals surface area (Å²) in [6.45, 7) is 6.44. The minimum atomic E-state index is -0.480. The van der Waals surface area contributed by atoms with Crippen LogP contribution in [0.25, 0.3) is 0 Å². The summed E-state index contributed by atoms with van der Waals surface area (Å²) in [5.41, 5.74) is 7.21. The summed E-state index contributed by atoms with van der Waals surface area (Å²) in [7, 11) is 0. The van der Waals surface area contributed by atoms with E-state index in [0.29, 0.717) is 61.5 Å². The molecule has 2 fully saturated rings. The average molecular weight is 478 g/mol. The molecule has 1 amide bonds. The molecule has 4 N–H and O–H groups in total. The average Bonchev–Trinajstić information content (AvgIpc) is 3.34. The minimum Gasteiger partial charge on any atom is -0.380 e. The summed E-state index contributed by atoms with van der Waals surface area (Å²) in [5, 5.41) is 6.34. The molecular formula is C25H31N7O3. The number of nitrogens with one attached hydrogen (secondary N) is 2. The van der Waals surface area contributed by atoms with E-state index in [1.807, 2.05) is 11.0 Å². The number of carbonyl (C=O) groups excluding carboxylic acids is 1. The summed E-state index contributed by atoms with van der Waals surface area (Å²) >= 11 is 0. The first kappa shape index (κ1) is 23.1. The molecule has 10 heteroatoms. The van der Waals surface area contributed by atoms with Crippen molar-refractivity contribution in [3.05, 3.63) is 68.1 Å². The van der Waals surface area contributed by atoms with Crippen LogP contribution < -0.4 is 32.1 Å². The number of piperazine rings is 1. The van der Waals surface area contributed by atoms with E-state index < -0.39 is 16.8 Å². The van der Waals surface area contributed by atoms with Crippen LogP contribution >= 0.6 is 0 Å². The highest BCUT2D eigenvalue weighted by Crippen LogP contribution is 2.24. The van der Waals surface area contributed by atoms with Crippen LogP contribution in [0.2, 0.25) is 0 Å². The highest BCUT2D eigenvalue weighted by molar-refractivity contribution is 5.95. The van der Waals surface area contributed by atoms with Crippen molar-refractivity contribution in [2.75, 3.05) is 62.6 Å². The predicted molar refractivity (Wildman–Crippen MR) is 136 cm³/mol. The number of carbonyl (C=O) groups is 1. The number of likely N-dealkylation sites (tertiary alicyclic amines) is 1. The van der Waals surface area contributed by atoms with Gasteiger partial charge in [-0.3, -0.25) is 19.3 Å². The maximum absolute atomic E-state index is 12.4. The van der Waals surface area contributed by atoms with Crippen molar-refractivity contribution >= 4 is 23.2 Å². The third kappa shape index (κ3) is 4.93. The Morgan fingerprint density at radius 3 is 2.49 bits per heavy atom. The number of aliphatic imine (C=N–C) groups is 1. The molecule has 2 aromatic rings. The van der Waals surface area contributed by atoms with Gasteiger partial charge in [0.15, 0.2) is 5.96 Å². The van der Waals surface area contributed by atoms with Crippen LogP contribution in [0.5, 0.6) is 0 Å². The van der Waals surface area contributed by atoms with Gasteiger partial charge in [-0.05, 0) is 24.4 Å². The standard InChI is InChI=1S/C25H31N7O3/c26-24(35)19-13-28-25(29-14-19)32-10-8-31(9-11-32)21-20(22(33)23(21)34)27-12-18-6-7-30(16-18)15-17-4-2-1-3-5-17/h1-5,13,18,27H,6-12,14-16H2,(H2,26,35)(H,28,29). The molecule has 3 aliphatic heterocycles. The Balaban J connectivity index is 1.12. The molecule has 35 heavy (non-hydrogen) atoms. The van der Waals surface area contributed by atoms with Crippen LogP contribution in [0, 0.1) is 5.92 Å². The highest BCUT2D eigenvalue weighted by atomic mass is 16.2. The first-order valence-corrected chi connectivity index (χ1v) is 12.1. The van der Waals surface area contributed by atoms with Crippen molar-refractivity contribution in [2.45, 2.75) is 13.0 Å². The van der Waals surface area contributed by atoms with Gasteiger partial charge in [0.25, 0.3) is 10.9 Å². The molecule has 0 aliphatic carbocycles. The summed E-state index contributed by atoms with van der Waals surface area (Å²) in [6, 6.07) is 10.4. The lowest BCUT2D eigenvalue weighted by Gasteiger charge is -2.38. The predicted octanol–water partition coefficient (Wildman–Crippen LogP) is -0.333. The van der Waals surface area contributed by atoms with E-state index in [1.54, 1.807) is 6.20 Å². The maximum atomic E-state index is 12.4. The van der Waals surface area contributed by atoms with E-state index in [4.69, 9.17) is 5.73 Å². The van der Waals surface area contributed by atoms with Gasteiger partial charge in [0.1, 0.15) is 11.4 Å². The van der Waals surface area contributed by atoms with E-state index >= 15 is 0 Å². The molecule has 0 radical (unpaired) electrons. The van der Waals surface area contributed by atoms with E-state index in [9.17, 15) is 14.4 Å². The fraction of sp³-hybridized carbons (Fsp3) is 0.440. The first-order chi connectivity index (χ1) is 17.0. The van der Waals surface area contributed by atoms with Gasteiger partial charge in [0.2, 0.25) is 5.91 Å². The Morgan fingerprint density at radius 1 is 1.06 bits per heavy atom. The zero-order chi connectivity index (χ0) is 24.4. The Hall–Kier alpha value is -3.66. The summed E-state index contributed by atoms with van der Waals surface area (Å²) < 4.78 is 0. The number of amides is 1. The lowest BCUT2D eigenvalue weighted by molar-refractivity contribution is -0.114. The second-order valence-corrected chi connectivity index (χ2v) is 9.43. The van der Waals surface area contributed by atoms with Crippen molar-refractivity contribution in [3.8, 4) is 0 Å². The fourth-order valence-electron chi connectivity index (χ4n) is 5.04. The van der Waals surface area contributed by atoms with Gasteiger partial charge in [-0.25, -0.2) is 4.99 Å². The summed E-state index contributed by atoms with van der Waals surface area (Å²) in [6.07, 6.45) is 2.67. The Kier molecular flexibility index (Phi) is 6.54. The molecule has 2 aromatic carbocycles. The molecule has 184 valence electrons. The van der Waals surface area contributed by atoms with Crippen LogP contribution in [0.3, 0.4) is 0 Å². The topological polar surface area (TPSA) is 123 Å². The zero-order valence-corrected chi connectivity index (χ0v) is 19.7. The first-order valence-electron chi connectivity index (χ1n) is 12.1. The molecular weight excluding hydrogens is 446 g/mol. The van der Waals surface area contributed by atoms with Crippen LogP contribution in [0.15, 0.2) is 56.7 Å². The Bertz CT molecular complexity index is 1210. The fourth-order valence-corrected chi connectivity index (χ4v) is 5.04. The monoisotopic (exact) mass is 477 g/mol. The molecule has 5 rings (SSSR count). The Labute approximate surface area is 203 Å². The molecule has 0 bridgehead atoms. The van der Waals surface area contributed by atoms with Gasteiger partial charge < -0.3 is 26.2 Å². The van der Waals surface area contributed by atoms with E-state index in [-0.39, 0.29) is 6.54 Å². The summed E-state index contributed by atoms with van der Waals surface area (Å²) in [5.74, 6) is 0.660. The van der Waals surface area contributed by atoms with Crippen LogP contribution in [0.4, 0.5) is 11.4 Å².